The molecule has 1 aromatic carbocycles. The standard InChI is InChI=1S/C15H16Cl2N2O2S/c1-15-5-4-13(20)19(15)12(8-22-15)14(21)18-7-9-2-3-10(16)6-11(9)17/h2-3,6,12H,4-5,7-8H2,1H3,(H,18,21)/t12-,15+/m1/s1. The number of hydrogen-bond acceptors (Lipinski definition) is 3. The van der Waals surface area contributed by atoms with Gasteiger partial charge in [0.25, 0.3) is 0 Å². The van der Waals surface area contributed by atoms with E-state index in [-0.39, 0.29) is 16.7 Å². The number of nitrogens with one attached hydrogen (secondary N) is 1. The number of carbonyl (C=O) groups is 2. The average Bonchev–Trinajstić information content (AvgIpc) is 2.95. The number of nitrogens with zero attached hydrogens (tertiary/aromatic N) is 1. The lowest BCUT2D eigenvalue weighted by Crippen LogP contribution is -2.49. The summed E-state index contributed by atoms with van der Waals surface area (Å²) >= 11 is 13.6. The minimum atomic E-state index is -0.393. The van der Waals surface area contributed by atoms with Gasteiger partial charge in [0.1, 0.15) is 6.04 Å². The Kier molecular flexibility index (Phi) is 4.32. The third-order valence-corrected chi connectivity index (χ3v) is 6.31. The van der Waals surface area contributed by atoms with Crippen LogP contribution in [-0.2, 0) is 16.1 Å². The first kappa shape index (κ1) is 16.0. The fraction of sp³-hybridized carbons (Fsp3) is 0.467. The maximum Gasteiger partial charge on any atom is 0.243 e. The number of hydrogen-bond donors (Lipinski definition) is 1. The summed E-state index contributed by atoms with van der Waals surface area (Å²) in [5.74, 6) is 0.581. The van der Waals surface area contributed by atoms with E-state index in [9.17, 15) is 9.59 Å². The van der Waals surface area contributed by atoms with Gasteiger partial charge < -0.3 is 10.2 Å². The first-order valence-electron chi connectivity index (χ1n) is 7.08. The summed E-state index contributed by atoms with van der Waals surface area (Å²) in [6.07, 6.45) is 1.33. The van der Waals surface area contributed by atoms with Crippen LogP contribution in [0.15, 0.2) is 18.2 Å². The molecule has 1 N–H and O–H groups in total. The zero-order valence-corrected chi connectivity index (χ0v) is 14.4. The minimum Gasteiger partial charge on any atom is -0.350 e. The predicted molar refractivity (Wildman–Crippen MR) is 89.0 cm³/mol. The van der Waals surface area contributed by atoms with E-state index >= 15 is 0 Å². The topological polar surface area (TPSA) is 49.4 Å². The van der Waals surface area contributed by atoms with Crippen molar-refractivity contribution in [3.05, 3.63) is 33.8 Å². The molecule has 2 amide bonds. The van der Waals surface area contributed by atoms with E-state index < -0.39 is 6.04 Å². The van der Waals surface area contributed by atoms with Gasteiger partial charge in [0, 0.05) is 28.8 Å². The second-order valence-corrected chi connectivity index (χ2v) is 8.06. The second-order valence-electron chi connectivity index (χ2n) is 5.72. The Morgan fingerprint density at radius 3 is 3.00 bits per heavy atom. The Balaban J connectivity index is 1.66. The molecule has 2 aliphatic rings. The van der Waals surface area contributed by atoms with Crippen LogP contribution < -0.4 is 5.32 Å². The molecule has 2 saturated heterocycles. The molecule has 2 heterocycles. The van der Waals surface area contributed by atoms with Gasteiger partial charge >= 0.3 is 0 Å². The summed E-state index contributed by atoms with van der Waals surface area (Å²) in [5.41, 5.74) is 0.806. The molecule has 2 atom stereocenters. The maximum atomic E-state index is 12.4. The van der Waals surface area contributed by atoms with Crippen LogP contribution in [0.2, 0.25) is 10.0 Å². The normalized spacial score (nSPS) is 27.1. The van der Waals surface area contributed by atoms with E-state index in [0.29, 0.717) is 28.8 Å². The molecule has 4 nitrogen and oxygen atoms in total. The molecule has 7 heteroatoms. The number of thioether (sulfide) groups is 1. The molecule has 0 bridgehead atoms. The van der Waals surface area contributed by atoms with Crippen LogP contribution >= 0.6 is 35.0 Å². The fourth-order valence-electron chi connectivity index (χ4n) is 2.98. The van der Waals surface area contributed by atoms with Crippen LogP contribution in [0.3, 0.4) is 0 Å². The third kappa shape index (κ3) is 2.82. The fourth-order valence-corrected chi connectivity index (χ4v) is 4.89. The van der Waals surface area contributed by atoms with Crippen LogP contribution in [0, 0.1) is 0 Å². The largest absolute Gasteiger partial charge is 0.350 e. The summed E-state index contributed by atoms with van der Waals surface area (Å²) in [6.45, 7) is 2.36. The van der Waals surface area contributed by atoms with Gasteiger partial charge in [-0.15, -0.1) is 11.8 Å². The highest BCUT2D eigenvalue weighted by atomic mass is 35.5. The molecule has 3 rings (SSSR count). The number of amides is 2. The SMILES string of the molecule is C[C@]12CCC(=O)N1[C@@H](C(=O)NCc1ccc(Cl)cc1Cl)CS2. The van der Waals surface area contributed by atoms with E-state index in [1.54, 1.807) is 34.9 Å². The second kappa shape index (κ2) is 5.95. The Bertz CT molecular complexity index is 640. The van der Waals surface area contributed by atoms with Crippen molar-refractivity contribution in [3.8, 4) is 0 Å². The highest BCUT2D eigenvalue weighted by Crippen LogP contribution is 2.47. The maximum absolute atomic E-state index is 12.4. The van der Waals surface area contributed by atoms with Gasteiger partial charge in [0.2, 0.25) is 11.8 Å². The Hall–Kier alpha value is -0.910. The van der Waals surface area contributed by atoms with Crippen LogP contribution in [0.25, 0.3) is 0 Å². The summed E-state index contributed by atoms with van der Waals surface area (Å²) in [7, 11) is 0. The molecular weight excluding hydrogens is 343 g/mol. The van der Waals surface area contributed by atoms with Crippen molar-refractivity contribution in [2.24, 2.45) is 0 Å². The van der Waals surface area contributed by atoms with E-state index in [1.165, 1.54) is 0 Å². The molecule has 0 radical (unpaired) electrons. The predicted octanol–water partition coefficient (Wildman–Crippen LogP) is 3.06. The Labute approximate surface area is 143 Å². The van der Waals surface area contributed by atoms with Crippen LogP contribution in [0.4, 0.5) is 0 Å². The molecule has 0 saturated carbocycles. The average molecular weight is 359 g/mol. The highest BCUT2D eigenvalue weighted by Gasteiger charge is 2.52. The van der Waals surface area contributed by atoms with Crippen molar-refractivity contribution in [2.45, 2.75) is 37.2 Å². The van der Waals surface area contributed by atoms with E-state index in [4.69, 9.17) is 23.2 Å². The van der Waals surface area contributed by atoms with Crippen LogP contribution in [0.5, 0.6) is 0 Å². The van der Waals surface area contributed by atoms with Crippen molar-refractivity contribution in [3.63, 3.8) is 0 Å². The van der Waals surface area contributed by atoms with E-state index in [2.05, 4.69) is 5.32 Å². The van der Waals surface area contributed by atoms with Gasteiger partial charge in [-0.3, -0.25) is 9.59 Å². The number of fused-ring (bicyclic) bond motifs is 1. The molecule has 118 valence electrons. The van der Waals surface area contributed by atoms with Gasteiger partial charge in [0.05, 0.1) is 4.87 Å². The lowest BCUT2D eigenvalue weighted by atomic mass is 10.2. The molecule has 2 aliphatic heterocycles. The highest BCUT2D eigenvalue weighted by molar-refractivity contribution is 8.01. The van der Waals surface area contributed by atoms with E-state index in [0.717, 1.165) is 12.0 Å². The molecular formula is C15H16Cl2N2O2S. The molecule has 22 heavy (non-hydrogen) atoms. The quantitative estimate of drug-likeness (QED) is 0.903. The number of halogens is 2. The lowest BCUT2D eigenvalue weighted by molar-refractivity contribution is -0.138. The summed E-state index contributed by atoms with van der Waals surface area (Å²) in [6, 6.07) is 4.79. The van der Waals surface area contributed by atoms with Crippen LogP contribution in [-0.4, -0.2) is 33.4 Å². The first-order valence-corrected chi connectivity index (χ1v) is 8.83. The summed E-state index contributed by atoms with van der Waals surface area (Å²) in [4.78, 5) is 26.0. The smallest absolute Gasteiger partial charge is 0.243 e. The number of benzene rings is 1. The first-order chi connectivity index (χ1) is 10.4. The molecule has 0 unspecified atom stereocenters. The molecule has 0 aliphatic carbocycles. The van der Waals surface area contributed by atoms with Crippen molar-refractivity contribution in [2.75, 3.05) is 5.75 Å². The van der Waals surface area contributed by atoms with Gasteiger partial charge in [0.15, 0.2) is 0 Å². The number of rotatable bonds is 3. The van der Waals surface area contributed by atoms with Crippen molar-refractivity contribution >= 4 is 46.8 Å². The summed E-state index contributed by atoms with van der Waals surface area (Å²) in [5, 5.41) is 3.96. The molecule has 0 spiro atoms. The van der Waals surface area contributed by atoms with Gasteiger partial charge in [-0.2, -0.15) is 0 Å². The van der Waals surface area contributed by atoms with Gasteiger partial charge in [-0.05, 0) is 31.0 Å². The lowest BCUT2D eigenvalue weighted by Gasteiger charge is -2.29. The van der Waals surface area contributed by atoms with E-state index in [1.807, 2.05) is 6.92 Å². The van der Waals surface area contributed by atoms with Crippen molar-refractivity contribution in [1.82, 2.24) is 10.2 Å². The number of carbonyl (C=O) groups excluding carboxylic acids is 2. The van der Waals surface area contributed by atoms with Gasteiger partial charge in [-0.1, -0.05) is 29.3 Å². The zero-order valence-electron chi connectivity index (χ0n) is 12.1. The zero-order chi connectivity index (χ0) is 15.9. The molecule has 1 aromatic rings. The molecule has 0 aromatic heterocycles. The van der Waals surface area contributed by atoms with Gasteiger partial charge in [-0.25, -0.2) is 0 Å². The Morgan fingerprint density at radius 2 is 2.27 bits per heavy atom. The van der Waals surface area contributed by atoms with Crippen molar-refractivity contribution < 1.29 is 9.59 Å². The Morgan fingerprint density at radius 1 is 1.50 bits per heavy atom. The molecule has 2 fully saturated rings. The summed E-state index contributed by atoms with van der Waals surface area (Å²) < 4.78 is 0. The third-order valence-electron chi connectivity index (χ3n) is 4.22. The minimum absolute atomic E-state index is 0.0668. The van der Waals surface area contributed by atoms with Crippen molar-refractivity contribution in [1.29, 1.82) is 0 Å². The monoisotopic (exact) mass is 358 g/mol. The van der Waals surface area contributed by atoms with Crippen LogP contribution in [0.1, 0.15) is 25.3 Å².